The lowest BCUT2D eigenvalue weighted by molar-refractivity contribution is 0.592. The molecule has 0 aliphatic carbocycles. The lowest BCUT2D eigenvalue weighted by atomic mass is 10.0. The molecule has 0 saturated heterocycles. The Hall–Kier alpha value is -6.90. The molecule has 0 saturated carbocycles. The van der Waals surface area contributed by atoms with E-state index in [1.165, 1.54) is 0 Å². The van der Waals surface area contributed by atoms with E-state index in [1.54, 1.807) is 0 Å². The molecule has 8 aromatic carbocycles. The molecule has 13 rings (SSSR count). The number of nitrogens with zero attached hydrogens (tertiary/aromatic N) is 3. The Balaban J connectivity index is 1.12. The number of hydrogen-bond acceptors (Lipinski definition) is 4. The zero-order chi connectivity index (χ0) is 39.0. The third kappa shape index (κ3) is 4.36. The minimum atomic E-state index is -3.24. The Morgan fingerprint density at radius 3 is 1.58 bits per heavy atom. The summed E-state index contributed by atoms with van der Waals surface area (Å²) in [7, 11) is -6.46. The van der Waals surface area contributed by atoms with Crippen molar-refractivity contribution >= 4 is 95.4 Å². The summed E-state index contributed by atoms with van der Waals surface area (Å²) in [6.07, 6.45) is 1.83. The van der Waals surface area contributed by atoms with E-state index in [-0.39, 0.29) is 0 Å². The van der Waals surface area contributed by atoms with Crippen molar-refractivity contribution in [2.24, 2.45) is 0 Å². The minimum absolute atomic E-state index is 0.761. The van der Waals surface area contributed by atoms with Gasteiger partial charge in [0.1, 0.15) is 5.65 Å². The second kappa shape index (κ2) is 11.8. The van der Waals surface area contributed by atoms with Gasteiger partial charge in [-0.25, -0.2) is 4.98 Å². The number of rotatable bonds is 3. The molecule has 11 aromatic rings. The second-order valence-electron chi connectivity index (χ2n) is 15.6. The average Bonchev–Trinajstić information content (AvgIpc) is 3.91. The Morgan fingerprint density at radius 2 is 0.949 bits per heavy atom. The standard InChI is InChI=1S/C52H31N3O2P2/c56-58(48-15-5-1-11-39(48)40-12-2-6-16-49(40)58)35-22-24-37-38-25-23-36(59(57)50-17-7-3-13-41(50)42-14-4-8-18-51(42)59)31-46(38)55-47-29-34(21-26-44(47)54-52(55)43(37)30-35)33-20-19-32-10-9-27-53-45(32)28-33/h1-31H. The van der Waals surface area contributed by atoms with Gasteiger partial charge in [0.15, 0.2) is 14.3 Å². The van der Waals surface area contributed by atoms with Crippen molar-refractivity contribution in [3.8, 4) is 33.4 Å². The molecule has 0 fully saturated rings. The molecule has 0 spiro atoms. The fourth-order valence-electron chi connectivity index (χ4n) is 9.92. The molecule has 0 amide bonds. The lowest BCUT2D eigenvalue weighted by Crippen LogP contribution is -2.21. The van der Waals surface area contributed by atoms with Crippen molar-refractivity contribution in [2.75, 3.05) is 0 Å². The first-order chi connectivity index (χ1) is 29.0. The largest absolute Gasteiger partial charge is 0.309 e. The third-order valence-corrected chi connectivity index (χ3v) is 18.9. The molecule has 0 bridgehead atoms. The van der Waals surface area contributed by atoms with Crippen LogP contribution < -0.4 is 31.8 Å². The molecule has 0 N–H and O–H groups in total. The Labute approximate surface area is 339 Å². The van der Waals surface area contributed by atoms with Gasteiger partial charge in [-0.1, -0.05) is 146 Å². The summed E-state index contributed by atoms with van der Waals surface area (Å²) in [6.45, 7) is 0. The second-order valence-corrected chi connectivity index (χ2v) is 21.0. The quantitative estimate of drug-likeness (QED) is 0.132. The third-order valence-electron chi connectivity index (χ3n) is 12.6. The van der Waals surface area contributed by atoms with Gasteiger partial charge in [-0.3, -0.25) is 9.38 Å². The molecular weight excluding hydrogens is 761 g/mol. The summed E-state index contributed by atoms with van der Waals surface area (Å²) >= 11 is 0. The van der Waals surface area contributed by atoms with E-state index in [2.05, 4.69) is 106 Å². The van der Waals surface area contributed by atoms with Crippen LogP contribution in [0.1, 0.15) is 0 Å². The number of pyridine rings is 2. The van der Waals surface area contributed by atoms with Crippen LogP contribution in [0, 0.1) is 0 Å². The van der Waals surface area contributed by atoms with Crippen LogP contribution in [-0.4, -0.2) is 14.4 Å². The van der Waals surface area contributed by atoms with Crippen LogP contribution in [0.25, 0.3) is 82.6 Å². The summed E-state index contributed by atoms with van der Waals surface area (Å²) in [5, 5.41) is 9.02. The van der Waals surface area contributed by atoms with Crippen molar-refractivity contribution in [1.82, 2.24) is 14.4 Å². The average molecular weight is 792 g/mol. The highest BCUT2D eigenvalue weighted by atomic mass is 31.2. The molecule has 0 atom stereocenters. The first kappa shape index (κ1) is 33.1. The lowest BCUT2D eigenvalue weighted by Gasteiger charge is -2.19. The number of aromatic nitrogens is 3. The van der Waals surface area contributed by atoms with E-state index in [0.717, 1.165) is 114 Å². The fourth-order valence-corrected chi connectivity index (χ4v) is 16.1. The van der Waals surface area contributed by atoms with Crippen molar-refractivity contribution in [3.05, 3.63) is 188 Å². The Kier molecular flexibility index (Phi) is 6.64. The summed E-state index contributed by atoms with van der Waals surface area (Å²) in [6, 6.07) is 61.9. The minimum Gasteiger partial charge on any atom is -0.309 e. The van der Waals surface area contributed by atoms with E-state index in [4.69, 9.17) is 4.98 Å². The number of imidazole rings is 1. The molecule has 276 valence electrons. The molecule has 0 radical (unpaired) electrons. The summed E-state index contributed by atoms with van der Waals surface area (Å²) < 4.78 is 33.8. The Morgan fingerprint density at radius 1 is 0.407 bits per heavy atom. The van der Waals surface area contributed by atoms with E-state index in [1.807, 2.05) is 91.1 Å². The molecule has 59 heavy (non-hydrogen) atoms. The van der Waals surface area contributed by atoms with Crippen LogP contribution in [0.3, 0.4) is 0 Å². The van der Waals surface area contributed by atoms with Crippen molar-refractivity contribution < 1.29 is 9.13 Å². The zero-order valence-corrected chi connectivity index (χ0v) is 33.2. The van der Waals surface area contributed by atoms with Gasteiger partial charge in [0.2, 0.25) is 0 Å². The van der Waals surface area contributed by atoms with Crippen molar-refractivity contribution in [2.45, 2.75) is 0 Å². The van der Waals surface area contributed by atoms with Crippen LogP contribution in [0.5, 0.6) is 0 Å². The number of benzene rings is 8. The molecule has 5 heterocycles. The van der Waals surface area contributed by atoms with E-state index < -0.39 is 14.3 Å². The smallest absolute Gasteiger partial charge is 0.172 e. The van der Waals surface area contributed by atoms with E-state index in [0.29, 0.717) is 0 Å². The number of hydrogen-bond donors (Lipinski definition) is 0. The zero-order valence-electron chi connectivity index (χ0n) is 31.5. The predicted octanol–water partition coefficient (Wildman–Crippen LogP) is 10.2. The fraction of sp³-hybridized carbons (Fsp3) is 0. The van der Waals surface area contributed by atoms with Crippen LogP contribution in [0.2, 0.25) is 0 Å². The maximum Gasteiger partial charge on any atom is 0.172 e. The predicted molar refractivity (Wildman–Crippen MR) is 245 cm³/mol. The molecule has 2 aliphatic rings. The van der Waals surface area contributed by atoms with Crippen LogP contribution in [0.4, 0.5) is 0 Å². The molecule has 3 aromatic heterocycles. The van der Waals surface area contributed by atoms with Gasteiger partial charge in [-0.15, -0.1) is 0 Å². The van der Waals surface area contributed by atoms with Gasteiger partial charge in [0.25, 0.3) is 0 Å². The highest BCUT2D eigenvalue weighted by Gasteiger charge is 2.41. The van der Waals surface area contributed by atoms with Gasteiger partial charge in [0, 0.05) is 54.2 Å². The van der Waals surface area contributed by atoms with Gasteiger partial charge < -0.3 is 9.13 Å². The summed E-state index contributed by atoms with van der Waals surface area (Å²) in [5.74, 6) is 0. The highest BCUT2D eigenvalue weighted by molar-refractivity contribution is 7.87. The summed E-state index contributed by atoms with van der Waals surface area (Å²) in [5.41, 5.74) is 10.6. The topological polar surface area (TPSA) is 64.3 Å². The van der Waals surface area contributed by atoms with Gasteiger partial charge in [0.05, 0.1) is 22.1 Å². The first-order valence-electron chi connectivity index (χ1n) is 19.8. The van der Waals surface area contributed by atoms with Gasteiger partial charge >= 0.3 is 0 Å². The van der Waals surface area contributed by atoms with Gasteiger partial charge in [-0.2, -0.15) is 0 Å². The number of fused-ring (bicyclic) bond motifs is 15. The Bertz CT molecular complexity index is 3680. The highest BCUT2D eigenvalue weighted by Crippen LogP contribution is 2.54. The maximum atomic E-state index is 15.8. The normalized spacial score (nSPS) is 14.5. The van der Waals surface area contributed by atoms with Crippen molar-refractivity contribution in [1.29, 1.82) is 0 Å². The van der Waals surface area contributed by atoms with E-state index >= 15 is 9.13 Å². The monoisotopic (exact) mass is 791 g/mol. The van der Waals surface area contributed by atoms with E-state index in [9.17, 15) is 0 Å². The molecule has 2 aliphatic heterocycles. The molecule has 0 unspecified atom stereocenters. The summed E-state index contributed by atoms with van der Waals surface area (Å²) in [4.78, 5) is 10.0. The van der Waals surface area contributed by atoms with Gasteiger partial charge in [-0.05, 0) is 75.2 Å². The first-order valence-corrected chi connectivity index (χ1v) is 23.2. The van der Waals surface area contributed by atoms with Crippen LogP contribution >= 0.6 is 14.3 Å². The SMILES string of the molecule is O=P1(c2ccc3c4ccc(P5(=O)c6ccccc6-c6ccccc65)cc4n4c5cc(-c6ccc7cccnc7c6)ccc5nc4c3c2)c2ccccc2-c2ccccc21. The molecular formula is C52H31N3O2P2. The maximum absolute atomic E-state index is 15.8. The van der Waals surface area contributed by atoms with Crippen LogP contribution in [-0.2, 0) is 9.13 Å². The molecule has 5 nitrogen and oxygen atoms in total. The van der Waals surface area contributed by atoms with Crippen molar-refractivity contribution in [3.63, 3.8) is 0 Å². The van der Waals surface area contributed by atoms with Crippen LogP contribution in [0.15, 0.2) is 188 Å². The molecule has 7 heteroatoms.